The first kappa shape index (κ1) is 27.7. The molecule has 6 rings (SSSR count). The molecule has 40 heavy (non-hydrogen) atoms. The molecule has 3 aromatic carbocycles. The highest BCUT2D eigenvalue weighted by molar-refractivity contribution is 8.01. The molecule has 0 aliphatic carbocycles. The number of carbonyl (C=O) groups excluding carboxylic acids is 1. The van der Waals surface area contributed by atoms with Crippen LogP contribution in [0.2, 0.25) is 0 Å². The van der Waals surface area contributed by atoms with Crippen LogP contribution in [0.4, 0.5) is 0 Å². The molecule has 3 aromatic heterocycles. The first-order valence-corrected chi connectivity index (χ1v) is 17.9. The Bertz CT molecular complexity index is 1600. The maximum absolute atomic E-state index is 12.3. The lowest BCUT2D eigenvalue weighted by Gasteiger charge is -2.32. The summed E-state index contributed by atoms with van der Waals surface area (Å²) in [6, 6.07) is 18.8. The fraction of sp³-hybridized carbons (Fsp3) is 0.172. The molecule has 0 unspecified atom stereocenters. The van der Waals surface area contributed by atoms with Gasteiger partial charge in [-0.2, -0.15) is 0 Å². The summed E-state index contributed by atoms with van der Waals surface area (Å²) in [6.07, 6.45) is 1.24. The van der Waals surface area contributed by atoms with Crippen molar-refractivity contribution >= 4 is 106 Å². The van der Waals surface area contributed by atoms with Crippen LogP contribution in [0.1, 0.15) is 0 Å². The molecule has 5 nitrogen and oxygen atoms in total. The highest BCUT2D eigenvalue weighted by Crippen LogP contribution is 2.43. The minimum atomic E-state index is -0.400. The molecule has 0 aliphatic rings. The Morgan fingerprint density at radius 3 is 1.50 bits per heavy atom. The first-order valence-electron chi connectivity index (χ1n) is 12.3. The quantitative estimate of drug-likeness (QED) is 0.0749. The number of benzene rings is 3. The van der Waals surface area contributed by atoms with Gasteiger partial charge in [-0.15, -0.1) is 69.3 Å². The third-order valence-corrected chi connectivity index (χ3v) is 13.5. The van der Waals surface area contributed by atoms with E-state index in [-0.39, 0.29) is 5.41 Å². The van der Waals surface area contributed by atoms with E-state index < -0.39 is 5.97 Å². The van der Waals surface area contributed by atoms with E-state index in [1.165, 1.54) is 34.9 Å². The van der Waals surface area contributed by atoms with Gasteiger partial charge in [-0.1, -0.05) is 24.8 Å². The zero-order chi connectivity index (χ0) is 27.4. The van der Waals surface area contributed by atoms with E-state index in [9.17, 15) is 4.79 Å². The summed E-state index contributed by atoms with van der Waals surface area (Å²) in [4.78, 5) is 29.4. The molecule has 3 heterocycles. The zero-order valence-corrected chi connectivity index (χ0v) is 26.0. The molecule has 0 amide bonds. The van der Waals surface area contributed by atoms with Gasteiger partial charge in [0.05, 0.1) is 53.8 Å². The molecule has 0 aliphatic heterocycles. The van der Waals surface area contributed by atoms with Crippen LogP contribution in [-0.2, 0) is 9.53 Å². The van der Waals surface area contributed by atoms with Gasteiger partial charge in [-0.05, 0) is 36.4 Å². The Morgan fingerprint density at radius 1 is 0.725 bits per heavy atom. The van der Waals surface area contributed by atoms with Crippen LogP contribution in [-0.4, -0.2) is 44.8 Å². The van der Waals surface area contributed by atoms with Crippen molar-refractivity contribution in [2.45, 2.75) is 14.7 Å². The lowest BCUT2D eigenvalue weighted by Crippen LogP contribution is -2.36. The normalized spacial score (nSPS) is 11.9. The van der Waals surface area contributed by atoms with Crippen molar-refractivity contribution in [1.82, 2.24) is 15.0 Å². The van der Waals surface area contributed by atoms with Crippen molar-refractivity contribution < 1.29 is 9.53 Å². The molecule has 0 saturated carbocycles. The van der Waals surface area contributed by atoms with Gasteiger partial charge in [-0.25, -0.2) is 19.7 Å². The van der Waals surface area contributed by atoms with Crippen LogP contribution >= 0.6 is 69.3 Å². The third-order valence-electron chi connectivity index (χ3n) is 6.25. The summed E-state index contributed by atoms with van der Waals surface area (Å²) in [5.41, 5.74) is 8.37. The van der Waals surface area contributed by atoms with Crippen molar-refractivity contribution in [2.24, 2.45) is 5.41 Å². The minimum Gasteiger partial charge on any atom is -0.462 e. The second-order valence-corrected chi connectivity index (χ2v) is 14.7. The number of thiazole rings is 3. The van der Waals surface area contributed by atoms with Crippen LogP contribution in [0.15, 0.2) is 98.5 Å². The molecule has 0 bridgehead atoms. The van der Waals surface area contributed by atoms with Crippen LogP contribution in [0, 0.1) is 5.41 Å². The summed E-state index contributed by atoms with van der Waals surface area (Å²) in [5, 5.41) is 0. The summed E-state index contributed by atoms with van der Waals surface area (Å²) in [7, 11) is 0. The van der Waals surface area contributed by atoms with Crippen LogP contribution < -0.4 is 0 Å². The number of carbonyl (C=O) groups is 1. The van der Waals surface area contributed by atoms with E-state index in [1.807, 2.05) is 70.0 Å². The number of nitrogens with zero attached hydrogens (tertiary/aromatic N) is 3. The van der Waals surface area contributed by atoms with Crippen LogP contribution in [0.3, 0.4) is 0 Å². The molecule has 0 spiro atoms. The van der Waals surface area contributed by atoms with E-state index in [2.05, 4.69) is 57.9 Å². The second kappa shape index (κ2) is 12.6. The van der Waals surface area contributed by atoms with E-state index in [4.69, 9.17) is 4.74 Å². The van der Waals surface area contributed by atoms with E-state index >= 15 is 0 Å². The van der Waals surface area contributed by atoms with Gasteiger partial charge in [0, 0.05) is 43.4 Å². The maximum atomic E-state index is 12.3. The molecule has 0 atom stereocenters. The van der Waals surface area contributed by atoms with Crippen molar-refractivity contribution in [2.75, 3.05) is 23.9 Å². The van der Waals surface area contributed by atoms with E-state index in [1.54, 1.807) is 34.0 Å². The van der Waals surface area contributed by atoms with Gasteiger partial charge in [0.1, 0.15) is 0 Å². The Balaban J connectivity index is 1.33. The molecular weight excluding hydrogens is 615 g/mol. The number of aromatic nitrogens is 3. The number of hydrogen-bond donors (Lipinski definition) is 0. The van der Waals surface area contributed by atoms with Crippen LogP contribution in [0.25, 0.3) is 30.6 Å². The van der Waals surface area contributed by atoms with Gasteiger partial charge in [0.15, 0.2) is 0 Å². The second-order valence-electron chi connectivity index (χ2n) is 9.05. The van der Waals surface area contributed by atoms with Crippen LogP contribution in [0.5, 0.6) is 0 Å². The van der Waals surface area contributed by atoms with E-state index in [0.29, 0.717) is 6.61 Å². The monoisotopic (exact) mass is 637 g/mol. The largest absolute Gasteiger partial charge is 0.462 e. The predicted octanol–water partition coefficient (Wildman–Crippen LogP) is 8.91. The Hall–Kier alpha value is -2.41. The predicted molar refractivity (Wildman–Crippen MR) is 175 cm³/mol. The lowest BCUT2D eigenvalue weighted by molar-refractivity contribution is -0.140. The average Bonchev–Trinajstić information content (AvgIpc) is 3.77. The molecular formula is C29H23N3O2S6. The summed E-state index contributed by atoms with van der Waals surface area (Å²) in [5.74, 6) is 1.91. The molecule has 0 radical (unpaired) electrons. The molecule has 202 valence electrons. The van der Waals surface area contributed by atoms with Gasteiger partial charge in [0.25, 0.3) is 0 Å². The van der Waals surface area contributed by atoms with Crippen molar-refractivity contribution in [1.29, 1.82) is 0 Å². The smallest absolute Gasteiger partial charge is 0.330 e. The molecule has 0 saturated heterocycles. The van der Waals surface area contributed by atoms with Crippen molar-refractivity contribution in [3.63, 3.8) is 0 Å². The Kier molecular flexibility index (Phi) is 8.76. The number of esters is 1. The minimum absolute atomic E-state index is 0.293. The number of hydrogen-bond acceptors (Lipinski definition) is 11. The molecule has 11 heteroatoms. The van der Waals surface area contributed by atoms with Gasteiger partial charge < -0.3 is 4.74 Å². The number of rotatable bonds is 12. The van der Waals surface area contributed by atoms with Crippen molar-refractivity contribution in [3.05, 3.63) is 83.8 Å². The SMILES string of the molecule is C=CC(=O)OCC(CSc1cccc2ncsc12)(CSc1cccc2ncsc12)CSc1cccc2ncsc12. The van der Waals surface area contributed by atoms with Gasteiger partial charge >= 0.3 is 5.97 Å². The topological polar surface area (TPSA) is 65.0 Å². The molecule has 6 aromatic rings. The molecule has 0 N–H and O–H groups in total. The first-order chi connectivity index (χ1) is 19.6. The Labute approximate surface area is 256 Å². The fourth-order valence-corrected chi connectivity index (χ4v) is 11.1. The van der Waals surface area contributed by atoms with E-state index in [0.717, 1.165) is 33.8 Å². The maximum Gasteiger partial charge on any atom is 0.330 e. The lowest BCUT2D eigenvalue weighted by atomic mass is 9.97. The zero-order valence-electron chi connectivity index (χ0n) is 21.1. The third kappa shape index (κ3) is 6.09. The summed E-state index contributed by atoms with van der Waals surface area (Å²) >= 11 is 10.4. The number of thioether (sulfide) groups is 3. The summed E-state index contributed by atoms with van der Waals surface area (Å²) in [6.45, 7) is 3.91. The highest BCUT2D eigenvalue weighted by atomic mass is 32.2. The average molecular weight is 638 g/mol. The fourth-order valence-electron chi connectivity index (χ4n) is 4.15. The Morgan fingerprint density at radius 2 is 1.12 bits per heavy atom. The van der Waals surface area contributed by atoms with Gasteiger partial charge in [-0.3, -0.25) is 0 Å². The number of ether oxygens (including phenoxy) is 1. The van der Waals surface area contributed by atoms with Crippen molar-refractivity contribution in [3.8, 4) is 0 Å². The standard InChI is InChI=1S/C29H23N3O2S6/c1-2-25(33)34-12-29(13-35-22-9-3-6-19-26(22)38-16-30-19,14-36-23-10-4-7-20-27(23)39-17-31-20)15-37-24-11-5-8-21-28(24)40-18-32-21/h2-11,16-18H,1,12-15H2. The highest BCUT2D eigenvalue weighted by Gasteiger charge is 2.34. The summed E-state index contributed by atoms with van der Waals surface area (Å²) < 4.78 is 9.38. The molecule has 0 fully saturated rings. The number of fused-ring (bicyclic) bond motifs is 3. The van der Waals surface area contributed by atoms with Gasteiger partial charge in [0.2, 0.25) is 0 Å².